The van der Waals surface area contributed by atoms with E-state index >= 15 is 0 Å². The first-order valence-electron chi connectivity index (χ1n) is 12.7. The number of aliphatic hydroxyl groups excluding tert-OH is 1. The second kappa shape index (κ2) is 10.8. The standard InChI is InChI=1S/C25H43F3N4O4/c1-14(12-15-8-9-24(10-11-24)32-18(15)33)29-19(34)16(13-22(2,3)4)30-20(35)17(23(5,6)7)31-21(36)25(26,27)28/h14-18,32-33H,8-13H2,1-7H3,(H,29,34)(H,30,35)(H,31,36)/t14-,15+,16+,17-,18?/m1/s1. The van der Waals surface area contributed by atoms with Crippen LogP contribution in [0.3, 0.4) is 0 Å². The van der Waals surface area contributed by atoms with E-state index in [0.717, 1.165) is 25.7 Å². The molecule has 1 saturated carbocycles. The van der Waals surface area contributed by atoms with Crippen LogP contribution in [0.15, 0.2) is 0 Å². The molecule has 1 unspecified atom stereocenters. The van der Waals surface area contributed by atoms with Crippen molar-refractivity contribution in [3.63, 3.8) is 0 Å². The predicted molar refractivity (Wildman–Crippen MR) is 129 cm³/mol. The highest BCUT2D eigenvalue weighted by atomic mass is 19.4. The van der Waals surface area contributed by atoms with Crippen molar-refractivity contribution < 1.29 is 32.7 Å². The first-order valence-corrected chi connectivity index (χ1v) is 12.7. The van der Waals surface area contributed by atoms with Crippen molar-refractivity contribution in [2.45, 2.75) is 123 Å². The number of halogens is 3. The maximum atomic E-state index is 13.2. The molecule has 8 nitrogen and oxygen atoms in total. The normalized spacial score (nSPS) is 24.4. The number of aliphatic hydroxyl groups is 1. The van der Waals surface area contributed by atoms with Crippen LogP contribution in [0.5, 0.6) is 0 Å². The lowest BCUT2D eigenvalue weighted by Crippen LogP contribution is -2.60. The molecular formula is C25H43F3N4O4. The van der Waals surface area contributed by atoms with Crippen molar-refractivity contribution in [1.82, 2.24) is 21.3 Å². The number of carbonyl (C=O) groups excluding carboxylic acids is 3. The molecule has 3 amide bonds. The fourth-order valence-electron chi connectivity index (χ4n) is 4.74. The summed E-state index contributed by atoms with van der Waals surface area (Å²) < 4.78 is 38.6. The highest BCUT2D eigenvalue weighted by Crippen LogP contribution is 2.45. The Morgan fingerprint density at radius 2 is 1.56 bits per heavy atom. The van der Waals surface area contributed by atoms with Gasteiger partial charge >= 0.3 is 12.1 Å². The molecule has 5 atom stereocenters. The average Bonchev–Trinajstić information content (AvgIpc) is 3.43. The summed E-state index contributed by atoms with van der Waals surface area (Å²) in [5, 5.41) is 21.0. The summed E-state index contributed by atoms with van der Waals surface area (Å²) in [5.74, 6) is -3.56. The summed E-state index contributed by atoms with van der Waals surface area (Å²) in [4.78, 5) is 37.8. The topological polar surface area (TPSA) is 120 Å². The largest absolute Gasteiger partial charge is 0.471 e. The Bertz CT molecular complexity index is 816. The van der Waals surface area contributed by atoms with Gasteiger partial charge in [0.1, 0.15) is 18.3 Å². The highest BCUT2D eigenvalue weighted by Gasteiger charge is 2.48. The van der Waals surface area contributed by atoms with Gasteiger partial charge in [-0.15, -0.1) is 0 Å². The molecular weight excluding hydrogens is 477 g/mol. The summed E-state index contributed by atoms with van der Waals surface area (Å²) in [7, 11) is 0. The molecule has 1 spiro atoms. The summed E-state index contributed by atoms with van der Waals surface area (Å²) in [5.41, 5.74) is -1.34. The number of hydrogen-bond acceptors (Lipinski definition) is 5. The number of hydrogen-bond donors (Lipinski definition) is 5. The molecule has 1 aliphatic heterocycles. The van der Waals surface area contributed by atoms with Crippen molar-refractivity contribution in [3.05, 3.63) is 0 Å². The Morgan fingerprint density at radius 3 is 2.00 bits per heavy atom. The Morgan fingerprint density at radius 1 is 0.972 bits per heavy atom. The second-order valence-corrected chi connectivity index (χ2v) is 12.9. The maximum absolute atomic E-state index is 13.2. The van der Waals surface area contributed by atoms with Crippen molar-refractivity contribution in [1.29, 1.82) is 0 Å². The van der Waals surface area contributed by atoms with Crippen LogP contribution in [0.4, 0.5) is 13.2 Å². The van der Waals surface area contributed by atoms with E-state index < -0.39 is 47.6 Å². The minimum atomic E-state index is -5.14. The molecule has 1 aliphatic carbocycles. The van der Waals surface area contributed by atoms with E-state index in [1.807, 2.05) is 27.7 Å². The summed E-state index contributed by atoms with van der Waals surface area (Å²) in [6, 6.07) is -2.82. The fraction of sp³-hybridized carbons (Fsp3) is 0.880. The third-order valence-corrected chi connectivity index (χ3v) is 6.90. The number of piperidine rings is 1. The predicted octanol–water partition coefficient (Wildman–Crippen LogP) is 2.75. The molecule has 0 aromatic heterocycles. The van der Waals surface area contributed by atoms with Gasteiger partial charge in [0.2, 0.25) is 11.8 Å². The lowest BCUT2D eigenvalue weighted by atomic mass is 9.84. The Balaban J connectivity index is 2.07. The van der Waals surface area contributed by atoms with Crippen LogP contribution in [-0.2, 0) is 14.4 Å². The maximum Gasteiger partial charge on any atom is 0.471 e. The van der Waals surface area contributed by atoms with Crippen LogP contribution < -0.4 is 21.3 Å². The molecule has 0 aromatic carbocycles. The lowest BCUT2D eigenvalue weighted by Gasteiger charge is -2.36. The third-order valence-electron chi connectivity index (χ3n) is 6.90. The smallest absolute Gasteiger partial charge is 0.378 e. The van der Waals surface area contributed by atoms with E-state index in [1.165, 1.54) is 20.8 Å². The first-order chi connectivity index (χ1) is 16.2. The number of amides is 3. The van der Waals surface area contributed by atoms with Gasteiger partial charge in [0.25, 0.3) is 0 Å². The molecule has 1 heterocycles. The molecule has 0 bridgehead atoms. The van der Waals surface area contributed by atoms with Gasteiger partial charge in [-0.25, -0.2) is 0 Å². The summed E-state index contributed by atoms with van der Waals surface area (Å²) in [6.45, 7) is 12.1. The molecule has 0 radical (unpaired) electrons. The number of rotatable bonds is 8. The molecule has 0 aromatic rings. The van der Waals surface area contributed by atoms with E-state index in [1.54, 1.807) is 5.32 Å². The molecule has 1 saturated heterocycles. The monoisotopic (exact) mass is 520 g/mol. The van der Waals surface area contributed by atoms with Crippen molar-refractivity contribution in [3.8, 4) is 0 Å². The third kappa shape index (κ3) is 8.90. The molecule has 5 N–H and O–H groups in total. The van der Waals surface area contributed by atoms with Gasteiger partial charge in [-0.3, -0.25) is 19.7 Å². The zero-order chi connectivity index (χ0) is 27.7. The Kier molecular flexibility index (Phi) is 9.15. The number of alkyl halides is 3. The average molecular weight is 521 g/mol. The van der Waals surface area contributed by atoms with Gasteiger partial charge in [0, 0.05) is 17.5 Å². The summed E-state index contributed by atoms with van der Waals surface area (Å²) in [6.07, 6.45) is -1.05. The minimum absolute atomic E-state index is 0.0231. The zero-order valence-corrected chi connectivity index (χ0v) is 22.4. The van der Waals surface area contributed by atoms with Crippen LogP contribution in [-0.4, -0.2) is 58.9 Å². The van der Waals surface area contributed by atoms with Crippen LogP contribution in [0.1, 0.15) is 87.0 Å². The molecule has 208 valence electrons. The zero-order valence-electron chi connectivity index (χ0n) is 22.4. The highest BCUT2D eigenvalue weighted by molar-refractivity contribution is 5.93. The van der Waals surface area contributed by atoms with Crippen molar-refractivity contribution in [2.24, 2.45) is 16.7 Å². The van der Waals surface area contributed by atoms with Gasteiger partial charge in [-0.1, -0.05) is 41.5 Å². The summed E-state index contributed by atoms with van der Waals surface area (Å²) >= 11 is 0. The molecule has 11 heteroatoms. The first kappa shape index (κ1) is 30.3. The minimum Gasteiger partial charge on any atom is -0.378 e. The van der Waals surface area contributed by atoms with Crippen LogP contribution in [0.25, 0.3) is 0 Å². The molecule has 2 fully saturated rings. The van der Waals surface area contributed by atoms with E-state index in [2.05, 4.69) is 16.0 Å². The SMILES string of the molecule is C[C@H](C[C@@H]1CCC2(CC2)NC1O)NC(=O)[C@H](CC(C)(C)C)NC(=O)[C@@H](NC(=O)C(F)(F)F)C(C)(C)C. The molecule has 2 aliphatic rings. The van der Waals surface area contributed by atoms with Gasteiger partial charge < -0.3 is 21.1 Å². The van der Waals surface area contributed by atoms with E-state index in [-0.39, 0.29) is 29.3 Å². The van der Waals surface area contributed by atoms with E-state index in [4.69, 9.17) is 0 Å². The second-order valence-electron chi connectivity index (χ2n) is 12.9. The van der Waals surface area contributed by atoms with Gasteiger partial charge in [0.15, 0.2) is 0 Å². The number of carbonyl (C=O) groups is 3. The Hall–Kier alpha value is -1.88. The van der Waals surface area contributed by atoms with Crippen LogP contribution >= 0.6 is 0 Å². The van der Waals surface area contributed by atoms with Gasteiger partial charge in [-0.05, 0) is 56.3 Å². The van der Waals surface area contributed by atoms with Crippen molar-refractivity contribution >= 4 is 17.7 Å². The Labute approximate surface area is 211 Å². The van der Waals surface area contributed by atoms with Crippen LogP contribution in [0.2, 0.25) is 0 Å². The van der Waals surface area contributed by atoms with E-state index in [0.29, 0.717) is 6.42 Å². The van der Waals surface area contributed by atoms with Crippen LogP contribution in [0, 0.1) is 16.7 Å². The van der Waals surface area contributed by atoms with E-state index in [9.17, 15) is 32.7 Å². The fourth-order valence-corrected chi connectivity index (χ4v) is 4.74. The van der Waals surface area contributed by atoms with Gasteiger partial charge in [0.05, 0.1) is 0 Å². The van der Waals surface area contributed by atoms with Crippen molar-refractivity contribution in [2.75, 3.05) is 0 Å². The molecule has 2 rings (SSSR count). The number of nitrogens with one attached hydrogen (secondary N) is 4. The quantitative estimate of drug-likeness (QED) is 0.337. The molecule has 36 heavy (non-hydrogen) atoms. The van der Waals surface area contributed by atoms with Gasteiger partial charge in [-0.2, -0.15) is 13.2 Å². The lowest BCUT2D eigenvalue weighted by molar-refractivity contribution is -0.175.